The molecule has 1 aromatic carbocycles. The van der Waals surface area contributed by atoms with Crippen molar-refractivity contribution in [3.63, 3.8) is 0 Å². The Morgan fingerprint density at radius 1 is 1.35 bits per heavy atom. The van der Waals surface area contributed by atoms with Crippen molar-refractivity contribution < 1.29 is 24.9 Å². The number of rotatable bonds is 1. The standard InChI is InChI=1S/C13H14N2O5/c1-7(16)15-10(11(17)18)6-12(19)8-4-2-3-5-9(8)14-13(12,15)20/h2-5,10,14,19-20H,6H2,1H3,(H,17,18). The molecule has 4 N–H and O–H groups in total. The van der Waals surface area contributed by atoms with E-state index in [2.05, 4.69) is 5.32 Å². The number of carbonyl (C=O) groups excluding carboxylic acids is 1. The van der Waals surface area contributed by atoms with E-state index in [1.807, 2.05) is 0 Å². The van der Waals surface area contributed by atoms with Crippen LogP contribution in [0.5, 0.6) is 0 Å². The van der Waals surface area contributed by atoms with Gasteiger partial charge < -0.3 is 20.6 Å². The maximum atomic E-state index is 11.8. The maximum Gasteiger partial charge on any atom is 0.326 e. The molecule has 106 valence electrons. The zero-order valence-corrected chi connectivity index (χ0v) is 10.7. The number of para-hydroxylation sites is 1. The fraction of sp³-hybridized carbons (Fsp3) is 0.385. The number of nitrogens with zero attached hydrogens (tertiary/aromatic N) is 1. The Bertz CT molecular complexity index is 619. The number of hydrogen-bond donors (Lipinski definition) is 4. The lowest BCUT2D eigenvalue weighted by atomic mass is 9.89. The fourth-order valence-corrected chi connectivity index (χ4v) is 3.19. The number of benzene rings is 1. The van der Waals surface area contributed by atoms with Crippen molar-refractivity contribution >= 4 is 17.6 Å². The third-order valence-corrected chi connectivity index (χ3v) is 4.03. The number of hydrogen-bond acceptors (Lipinski definition) is 5. The summed E-state index contributed by atoms with van der Waals surface area (Å²) in [6.07, 6.45) is -0.275. The van der Waals surface area contributed by atoms with Crippen molar-refractivity contribution in [3.05, 3.63) is 29.8 Å². The molecule has 0 radical (unpaired) electrons. The van der Waals surface area contributed by atoms with Crippen molar-refractivity contribution in [2.24, 2.45) is 0 Å². The molecule has 2 aliphatic heterocycles. The molecule has 2 heterocycles. The van der Waals surface area contributed by atoms with Gasteiger partial charge in [0.1, 0.15) is 6.04 Å². The van der Waals surface area contributed by atoms with Gasteiger partial charge in [0.15, 0.2) is 5.60 Å². The highest BCUT2D eigenvalue weighted by molar-refractivity contribution is 5.86. The minimum Gasteiger partial charge on any atom is -0.480 e. The van der Waals surface area contributed by atoms with Crippen LogP contribution in [0.2, 0.25) is 0 Å². The Kier molecular flexibility index (Phi) is 2.39. The lowest BCUT2D eigenvalue weighted by molar-refractivity contribution is -0.188. The van der Waals surface area contributed by atoms with Crippen LogP contribution in [0.3, 0.4) is 0 Å². The maximum absolute atomic E-state index is 11.8. The topological polar surface area (TPSA) is 110 Å². The van der Waals surface area contributed by atoms with Crippen LogP contribution >= 0.6 is 0 Å². The Hall–Kier alpha value is -2.12. The highest BCUT2D eigenvalue weighted by Gasteiger charge is 2.69. The van der Waals surface area contributed by atoms with Crippen molar-refractivity contribution in [2.45, 2.75) is 30.8 Å². The van der Waals surface area contributed by atoms with Crippen molar-refractivity contribution in [1.82, 2.24) is 4.90 Å². The van der Waals surface area contributed by atoms with Gasteiger partial charge in [0.2, 0.25) is 5.91 Å². The molecular formula is C13H14N2O5. The predicted octanol–water partition coefficient (Wildman–Crippen LogP) is -0.349. The van der Waals surface area contributed by atoms with Gasteiger partial charge in [0.25, 0.3) is 5.85 Å². The summed E-state index contributed by atoms with van der Waals surface area (Å²) in [5.41, 5.74) is -0.983. The van der Waals surface area contributed by atoms with Gasteiger partial charge >= 0.3 is 5.97 Å². The van der Waals surface area contributed by atoms with Gasteiger partial charge in [-0.15, -0.1) is 0 Å². The van der Waals surface area contributed by atoms with Gasteiger partial charge in [-0.05, 0) is 6.07 Å². The molecule has 3 unspecified atom stereocenters. The van der Waals surface area contributed by atoms with Crippen LogP contribution in [0.4, 0.5) is 5.69 Å². The van der Waals surface area contributed by atoms with E-state index in [0.717, 1.165) is 11.8 Å². The number of likely N-dealkylation sites (tertiary alicyclic amines) is 1. The van der Waals surface area contributed by atoms with E-state index in [-0.39, 0.29) is 6.42 Å². The molecule has 0 spiro atoms. The van der Waals surface area contributed by atoms with Gasteiger partial charge in [-0.25, -0.2) is 4.79 Å². The SMILES string of the molecule is CC(=O)N1C(C(=O)O)CC2(O)c3ccccc3NC12O. The molecule has 1 amide bonds. The summed E-state index contributed by atoms with van der Waals surface area (Å²) in [4.78, 5) is 23.8. The van der Waals surface area contributed by atoms with Crippen LogP contribution in [0.1, 0.15) is 18.9 Å². The van der Waals surface area contributed by atoms with Crippen LogP contribution in [0.15, 0.2) is 24.3 Å². The first-order valence-electron chi connectivity index (χ1n) is 6.16. The molecule has 1 saturated heterocycles. The monoisotopic (exact) mass is 278 g/mol. The van der Waals surface area contributed by atoms with Gasteiger partial charge in [-0.3, -0.25) is 9.69 Å². The van der Waals surface area contributed by atoms with E-state index in [1.54, 1.807) is 24.3 Å². The lowest BCUT2D eigenvalue weighted by Crippen LogP contribution is -2.61. The quantitative estimate of drug-likeness (QED) is 0.559. The number of aliphatic hydroxyl groups is 2. The minimum atomic E-state index is -2.15. The summed E-state index contributed by atoms with van der Waals surface area (Å²) in [5, 5.41) is 33.5. The second kappa shape index (κ2) is 3.71. The van der Waals surface area contributed by atoms with E-state index in [0.29, 0.717) is 11.3 Å². The van der Waals surface area contributed by atoms with Gasteiger partial charge in [-0.1, -0.05) is 18.2 Å². The third-order valence-electron chi connectivity index (χ3n) is 4.03. The van der Waals surface area contributed by atoms with E-state index < -0.39 is 29.4 Å². The number of carboxylic acids is 1. The number of carboxylic acid groups (broad SMARTS) is 1. The number of nitrogens with one attached hydrogen (secondary N) is 1. The Morgan fingerprint density at radius 3 is 2.60 bits per heavy atom. The summed E-state index contributed by atoms with van der Waals surface area (Å²) in [7, 11) is 0. The second-order valence-corrected chi connectivity index (χ2v) is 5.15. The fourth-order valence-electron chi connectivity index (χ4n) is 3.19. The second-order valence-electron chi connectivity index (χ2n) is 5.15. The number of anilines is 1. The first-order chi connectivity index (χ1) is 9.31. The Labute approximate surface area is 114 Å². The van der Waals surface area contributed by atoms with E-state index in [4.69, 9.17) is 0 Å². The molecule has 3 rings (SSSR count). The Morgan fingerprint density at radius 2 is 2.00 bits per heavy atom. The molecule has 2 aliphatic rings. The number of aliphatic carboxylic acids is 1. The summed E-state index contributed by atoms with van der Waals surface area (Å²) in [6, 6.07) is 5.35. The molecule has 7 heteroatoms. The van der Waals surface area contributed by atoms with E-state index in [1.165, 1.54) is 0 Å². The first kappa shape index (κ1) is 12.9. The summed E-state index contributed by atoms with van der Waals surface area (Å²) in [5.74, 6) is -4.04. The summed E-state index contributed by atoms with van der Waals surface area (Å²) >= 11 is 0. The van der Waals surface area contributed by atoms with Crippen molar-refractivity contribution in [2.75, 3.05) is 5.32 Å². The van der Waals surface area contributed by atoms with Gasteiger partial charge in [0.05, 0.1) is 0 Å². The average Bonchev–Trinajstić information content (AvgIpc) is 2.71. The van der Waals surface area contributed by atoms with Crippen LogP contribution in [-0.2, 0) is 15.2 Å². The Balaban J connectivity index is 2.19. The van der Waals surface area contributed by atoms with Gasteiger partial charge in [-0.2, -0.15) is 0 Å². The smallest absolute Gasteiger partial charge is 0.326 e. The number of carbonyl (C=O) groups is 2. The van der Waals surface area contributed by atoms with Crippen LogP contribution in [0, 0.1) is 0 Å². The molecule has 0 bridgehead atoms. The minimum absolute atomic E-state index is 0.275. The highest BCUT2D eigenvalue weighted by atomic mass is 16.4. The molecule has 1 fully saturated rings. The van der Waals surface area contributed by atoms with Crippen LogP contribution in [-0.4, -0.2) is 44.0 Å². The van der Waals surface area contributed by atoms with Crippen molar-refractivity contribution in [1.29, 1.82) is 0 Å². The number of fused-ring (bicyclic) bond motifs is 3. The molecule has 20 heavy (non-hydrogen) atoms. The van der Waals surface area contributed by atoms with E-state index in [9.17, 15) is 24.9 Å². The summed E-state index contributed by atoms with van der Waals surface area (Å²) in [6.45, 7) is 1.16. The summed E-state index contributed by atoms with van der Waals surface area (Å²) < 4.78 is 0. The third kappa shape index (κ3) is 1.31. The first-order valence-corrected chi connectivity index (χ1v) is 6.16. The molecular weight excluding hydrogens is 264 g/mol. The average molecular weight is 278 g/mol. The zero-order chi connectivity index (χ0) is 14.7. The van der Waals surface area contributed by atoms with Crippen LogP contribution in [0.25, 0.3) is 0 Å². The molecule has 0 aromatic heterocycles. The molecule has 3 atom stereocenters. The molecule has 1 aromatic rings. The number of amides is 1. The van der Waals surface area contributed by atoms with Crippen LogP contribution < -0.4 is 5.32 Å². The molecule has 0 aliphatic carbocycles. The largest absolute Gasteiger partial charge is 0.480 e. The molecule has 0 saturated carbocycles. The molecule has 7 nitrogen and oxygen atoms in total. The lowest BCUT2D eigenvalue weighted by Gasteiger charge is -2.37. The van der Waals surface area contributed by atoms with Gasteiger partial charge in [0, 0.05) is 24.6 Å². The highest BCUT2D eigenvalue weighted by Crippen LogP contribution is 2.54. The van der Waals surface area contributed by atoms with Crippen molar-refractivity contribution in [3.8, 4) is 0 Å². The van der Waals surface area contributed by atoms with E-state index >= 15 is 0 Å². The normalized spacial score (nSPS) is 34.4. The predicted molar refractivity (Wildman–Crippen MR) is 67.5 cm³/mol. The zero-order valence-electron chi connectivity index (χ0n) is 10.7.